The Hall–Kier alpha value is -0.900. The van der Waals surface area contributed by atoms with E-state index in [1.165, 1.54) is 45.4 Å². The van der Waals surface area contributed by atoms with Crippen molar-refractivity contribution in [2.75, 3.05) is 32.7 Å². The van der Waals surface area contributed by atoms with E-state index in [0.717, 1.165) is 24.6 Å². The molecule has 3 nitrogen and oxygen atoms in total. The molecular formula is C17H26N2O. The number of hydrogen-bond acceptors (Lipinski definition) is 3. The highest BCUT2D eigenvalue weighted by Gasteiger charge is 2.29. The normalized spacial score (nSPS) is 26.1. The van der Waals surface area contributed by atoms with E-state index in [2.05, 4.69) is 9.80 Å². The summed E-state index contributed by atoms with van der Waals surface area (Å²) in [6.07, 6.45) is 4.59. The molecule has 1 aromatic carbocycles. The summed E-state index contributed by atoms with van der Waals surface area (Å²) in [6, 6.07) is 10.8. The van der Waals surface area contributed by atoms with Gasteiger partial charge in [-0.3, -0.25) is 4.90 Å². The van der Waals surface area contributed by atoms with Crippen LogP contribution < -0.4 is 0 Å². The van der Waals surface area contributed by atoms with Gasteiger partial charge in [0.2, 0.25) is 0 Å². The summed E-state index contributed by atoms with van der Waals surface area (Å²) >= 11 is 0. The second kappa shape index (κ2) is 6.70. The van der Waals surface area contributed by atoms with Crippen LogP contribution in [0.25, 0.3) is 0 Å². The number of nitrogens with zero attached hydrogens (tertiary/aromatic N) is 2. The van der Waals surface area contributed by atoms with Gasteiger partial charge in [0.25, 0.3) is 0 Å². The molecule has 3 heteroatoms. The highest BCUT2D eigenvalue weighted by molar-refractivity contribution is 5.17. The van der Waals surface area contributed by atoms with Gasteiger partial charge in [0.15, 0.2) is 0 Å². The number of benzene rings is 1. The molecule has 2 unspecified atom stereocenters. The molecule has 2 aliphatic rings. The van der Waals surface area contributed by atoms with Gasteiger partial charge in [-0.2, -0.15) is 0 Å². The monoisotopic (exact) mass is 274 g/mol. The van der Waals surface area contributed by atoms with Crippen LogP contribution in [0.4, 0.5) is 0 Å². The van der Waals surface area contributed by atoms with Gasteiger partial charge in [-0.15, -0.1) is 0 Å². The molecule has 2 saturated heterocycles. The molecule has 2 aliphatic heterocycles. The molecule has 0 aromatic heterocycles. The highest BCUT2D eigenvalue weighted by Crippen LogP contribution is 2.22. The lowest BCUT2D eigenvalue weighted by Crippen LogP contribution is -2.35. The first kappa shape index (κ1) is 14.1. The van der Waals surface area contributed by atoms with E-state index >= 15 is 0 Å². The molecule has 0 spiro atoms. The second-order valence-electron chi connectivity index (χ2n) is 6.20. The van der Waals surface area contributed by atoms with Gasteiger partial charge in [0.05, 0.1) is 6.10 Å². The van der Waals surface area contributed by atoms with E-state index in [9.17, 15) is 5.11 Å². The third-order valence-corrected chi connectivity index (χ3v) is 4.81. The molecule has 0 amide bonds. The predicted molar refractivity (Wildman–Crippen MR) is 81.7 cm³/mol. The summed E-state index contributed by atoms with van der Waals surface area (Å²) in [5.41, 5.74) is 1.04. The van der Waals surface area contributed by atoms with E-state index in [1.807, 2.05) is 30.3 Å². The Morgan fingerprint density at radius 1 is 1.10 bits per heavy atom. The quantitative estimate of drug-likeness (QED) is 0.892. The highest BCUT2D eigenvalue weighted by atomic mass is 16.3. The fourth-order valence-electron chi connectivity index (χ4n) is 3.57. The summed E-state index contributed by atoms with van der Waals surface area (Å²) in [6.45, 7) is 6.00. The average molecular weight is 274 g/mol. The molecule has 2 atom stereocenters. The second-order valence-corrected chi connectivity index (χ2v) is 6.20. The molecule has 20 heavy (non-hydrogen) atoms. The minimum atomic E-state index is -0.318. The SMILES string of the molecule is OC(CCN1CCC(N2CCCC2)C1)c1ccccc1. The Bertz CT molecular complexity index is 403. The fraction of sp³-hybridized carbons (Fsp3) is 0.647. The first-order valence-corrected chi connectivity index (χ1v) is 8.02. The Kier molecular flexibility index (Phi) is 4.71. The maximum atomic E-state index is 10.2. The Balaban J connectivity index is 1.43. The van der Waals surface area contributed by atoms with Crippen LogP contribution >= 0.6 is 0 Å². The van der Waals surface area contributed by atoms with Crippen molar-refractivity contribution in [1.29, 1.82) is 0 Å². The van der Waals surface area contributed by atoms with Gasteiger partial charge < -0.3 is 10.0 Å². The molecule has 1 aromatic rings. The number of rotatable bonds is 5. The van der Waals surface area contributed by atoms with Crippen LogP contribution in [0.3, 0.4) is 0 Å². The summed E-state index contributed by atoms with van der Waals surface area (Å²) in [5.74, 6) is 0. The summed E-state index contributed by atoms with van der Waals surface area (Å²) in [5, 5.41) is 10.2. The van der Waals surface area contributed by atoms with Crippen LogP contribution in [0.15, 0.2) is 30.3 Å². The molecule has 110 valence electrons. The molecule has 2 heterocycles. The molecule has 2 fully saturated rings. The van der Waals surface area contributed by atoms with Gasteiger partial charge in [0.1, 0.15) is 0 Å². The smallest absolute Gasteiger partial charge is 0.0802 e. The Morgan fingerprint density at radius 2 is 1.85 bits per heavy atom. The first-order valence-electron chi connectivity index (χ1n) is 8.02. The molecule has 0 saturated carbocycles. The largest absolute Gasteiger partial charge is 0.388 e. The lowest BCUT2D eigenvalue weighted by molar-refractivity contribution is 0.145. The zero-order valence-corrected chi connectivity index (χ0v) is 12.2. The van der Waals surface area contributed by atoms with Crippen molar-refractivity contribution in [2.24, 2.45) is 0 Å². The summed E-state index contributed by atoms with van der Waals surface area (Å²) < 4.78 is 0. The molecule has 0 aliphatic carbocycles. The van der Waals surface area contributed by atoms with E-state index in [0.29, 0.717) is 0 Å². The van der Waals surface area contributed by atoms with Crippen LogP contribution in [0.5, 0.6) is 0 Å². The van der Waals surface area contributed by atoms with E-state index < -0.39 is 0 Å². The third kappa shape index (κ3) is 3.40. The molecular weight excluding hydrogens is 248 g/mol. The minimum absolute atomic E-state index is 0.318. The maximum absolute atomic E-state index is 10.2. The number of hydrogen-bond donors (Lipinski definition) is 1. The molecule has 3 rings (SSSR count). The van der Waals surface area contributed by atoms with Crippen LogP contribution in [-0.2, 0) is 0 Å². The van der Waals surface area contributed by atoms with Gasteiger partial charge in [-0.25, -0.2) is 0 Å². The number of likely N-dealkylation sites (tertiary alicyclic amines) is 2. The van der Waals surface area contributed by atoms with E-state index in [-0.39, 0.29) is 6.10 Å². The standard InChI is InChI=1S/C17H26N2O/c20-17(15-6-2-1-3-7-15)9-13-18-12-8-16(14-18)19-10-4-5-11-19/h1-3,6-7,16-17,20H,4-5,8-14H2. The molecule has 0 radical (unpaired) electrons. The van der Waals surface area contributed by atoms with Gasteiger partial charge in [0, 0.05) is 19.1 Å². The average Bonchev–Trinajstić information content (AvgIpc) is 3.16. The fourth-order valence-corrected chi connectivity index (χ4v) is 3.57. The van der Waals surface area contributed by atoms with Crippen LogP contribution in [0, 0.1) is 0 Å². The van der Waals surface area contributed by atoms with Gasteiger partial charge in [-0.1, -0.05) is 30.3 Å². The number of aliphatic hydroxyl groups is 1. The Morgan fingerprint density at radius 3 is 2.60 bits per heavy atom. The lowest BCUT2D eigenvalue weighted by atomic mass is 10.1. The topological polar surface area (TPSA) is 26.7 Å². The summed E-state index contributed by atoms with van der Waals surface area (Å²) in [4.78, 5) is 5.18. The van der Waals surface area contributed by atoms with Crippen molar-refractivity contribution in [3.8, 4) is 0 Å². The molecule has 0 bridgehead atoms. The van der Waals surface area contributed by atoms with Crippen LogP contribution in [0.1, 0.15) is 37.4 Å². The minimum Gasteiger partial charge on any atom is -0.388 e. The van der Waals surface area contributed by atoms with Crippen molar-refractivity contribution in [3.63, 3.8) is 0 Å². The molecule has 1 N–H and O–H groups in total. The van der Waals surface area contributed by atoms with Crippen molar-refractivity contribution in [2.45, 2.75) is 37.8 Å². The maximum Gasteiger partial charge on any atom is 0.0802 e. The van der Waals surface area contributed by atoms with E-state index in [1.54, 1.807) is 0 Å². The summed E-state index contributed by atoms with van der Waals surface area (Å²) in [7, 11) is 0. The number of aliphatic hydroxyl groups excluding tert-OH is 1. The van der Waals surface area contributed by atoms with Crippen molar-refractivity contribution in [3.05, 3.63) is 35.9 Å². The zero-order chi connectivity index (χ0) is 13.8. The third-order valence-electron chi connectivity index (χ3n) is 4.81. The van der Waals surface area contributed by atoms with Crippen LogP contribution in [0.2, 0.25) is 0 Å². The first-order chi connectivity index (χ1) is 9.83. The van der Waals surface area contributed by atoms with Crippen molar-refractivity contribution < 1.29 is 5.11 Å². The lowest BCUT2D eigenvalue weighted by Gasteiger charge is -2.24. The van der Waals surface area contributed by atoms with Gasteiger partial charge >= 0.3 is 0 Å². The van der Waals surface area contributed by atoms with Crippen molar-refractivity contribution >= 4 is 0 Å². The zero-order valence-electron chi connectivity index (χ0n) is 12.2. The van der Waals surface area contributed by atoms with Crippen molar-refractivity contribution in [1.82, 2.24) is 9.80 Å². The van der Waals surface area contributed by atoms with E-state index in [4.69, 9.17) is 0 Å². The Labute approximate surface area is 122 Å². The van der Waals surface area contributed by atoms with Gasteiger partial charge in [-0.05, 0) is 50.9 Å². The van der Waals surface area contributed by atoms with Crippen LogP contribution in [-0.4, -0.2) is 53.7 Å². The predicted octanol–water partition coefficient (Wildman–Crippen LogP) is 2.28.